The highest BCUT2D eigenvalue weighted by Crippen LogP contribution is 2.15. The minimum atomic E-state index is 0.0171. The smallest absolute Gasteiger partial charge is 0.225 e. The van der Waals surface area contributed by atoms with Crippen molar-refractivity contribution in [2.75, 3.05) is 11.9 Å². The van der Waals surface area contributed by atoms with Crippen LogP contribution in [0.3, 0.4) is 0 Å². The Morgan fingerprint density at radius 2 is 2.18 bits per heavy atom. The fourth-order valence-electron chi connectivity index (χ4n) is 1.61. The summed E-state index contributed by atoms with van der Waals surface area (Å²) in [5.41, 5.74) is 7.44. The van der Waals surface area contributed by atoms with Crippen LogP contribution in [0.15, 0.2) is 0 Å². The van der Waals surface area contributed by atoms with Gasteiger partial charge < -0.3 is 11.1 Å². The first kappa shape index (κ1) is 13.7. The van der Waals surface area contributed by atoms with Crippen molar-refractivity contribution >= 4 is 11.7 Å². The molecule has 0 radical (unpaired) electrons. The molecule has 1 aromatic rings. The molecule has 1 unspecified atom stereocenters. The number of anilines is 1. The number of aromatic nitrogens is 2. The number of nitrogens with one attached hydrogen (secondary N) is 2. The molecule has 5 heteroatoms. The van der Waals surface area contributed by atoms with Crippen molar-refractivity contribution in [2.24, 2.45) is 11.7 Å². The number of nitrogens with two attached hydrogens (primary N) is 1. The van der Waals surface area contributed by atoms with Gasteiger partial charge in [0.1, 0.15) is 0 Å². The van der Waals surface area contributed by atoms with E-state index in [2.05, 4.69) is 22.4 Å². The van der Waals surface area contributed by atoms with Crippen LogP contribution in [0.2, 0.25) is 0 Å². The van der Waals surface area contributed by atoms with Gasteiger partial charge in [-0.05, 0) is 39.2 Å². The van der Waals surface area contributed by atoms with Crippen LogP contribution in [0.4, 0.5) is 5.82 Å². The van der Waals surface area contributed by atoms with Crippen LogP contribution in [0.25, 0.3) is 0 Å². The third-order valence-corrected chi connectivity index (χ3v) is 3.03. The molecule has 0 aliphatic carbocycles. The van der Waals surface area contributed by atoms with E-state index in [1.54, 1.807) is 0 Å². The summed E-state index contributed by atoms with van der Waals surface area (Å²) in [6, 6.07) is 0. The van der Waals surface area contributed by atoms with Crippen molar-refractivity contribution in [1.82, 2.24) is 10.2 Å². The van der Waals surface area contributed by atoms with Gasteiger partial charge in [-0.1, -0.05) is 6.92 Å². The summed E-state index contributed by atoms with van der Waals surface area (Å²) < 4.78 is 0. The van der Waals surface area contributed by atoms with E-state index < -0.39 is 0 Å². The summed E-state index contributed by atoms with van der Waals surface area (Å²) in [6.07, 6.45) is 2.35. The van der Waals surface area contributed by atoms with Crippen LogP contribution < -0.4 is 11.1 Å². The molecule has 17 heavy (non-hydrogen) atoms. The molecule has 4 N–H and O–H groups in total. The van der Waals surface area contributed by atoms with Gasteiger partial charge in [0.25, 0.3) is 0 Å². The van der Waals surface area contributed by atoms with Crippen LogP contribution in [0.1, 0.15) is 37.4 Å². The maximum atomic E-state index is 11.7. The Kier molecular flexibility index (Phi) is 5.15. The maximum absolute atomic E-state index is 11.7. The second kappa shape index (κ2) is 6.39. The van der Waals surface area contributed by atoms with E-state index in [4.69, 9.17) is 5.73 Å². The lowest BCUT2D eigenvalue weighted by atomic mass is 10.0. The standard InChI is InChI=1S/C12H22N4O/c1-8(6-7-13)4-5-11(17)14-12-9(2)10(3)15-16-12/h8H,4-7,13H2,1-3H3,(H2,14,15,16,17). The molecule has 0 aliphatic rings. The number of hydrogen-bond acceptors (Lipinski definition) is 3. The fourth-order valence-corrected chi connectivity index (χ4v) is 1.61. The van der Waals surface area contributed by atoms with Crippen LogP contribution in [0.5, 0.6) is 0 Å². The summed E-state index contributed by atoms with van der Waals surface area (Å²) in [5.74, 6) is 1.15. The number of carbonyl (C=O) groups excluding carboxylic acids is 1. The van der Waals surface area contributed by atoms with Gasteiger partial charge in [-0.25, -0.2) is 0 Å². The molecular formula is C12H22N4O. The first-order chi connectivity index (χ1) is 8.04. The largest absolute Gasteiger partial charge is 0.330 e. The molecule has 0 bridgehead atoms. The molecular weight excluding hydrogens is 216 g/mol. The molecule has 0 aromatic carbocycles. The van der Waals surface area contributed by atoms with Gasteiger partial charge in [0.15, 0.2) is 5.82 Å². The van der Waals surface area contributed by atoms with Crippen molar-refractivity contribution in [3.8, 4) is 0 Å². The topological polar surface area (TPSA) is 83.8 Å². The molecule has 0 aliphatic heterocycles. The molecule has 0 saturated heterocycles. The predicted molar refractivity (Wildman–Crippen MR) is 68.8 cm³/mol. The molecule has 0 saturated carbocycles. The van der Waals surface area contributed by atoms with Gasteiger partial charge in [0, 0.05) is 17.7 Å². The van der Waals surface area contributed by atoms with Gasteiger partial charge >= 0.3 is 0 Å². The second-order valence-electron chi connectivity index (χ2n) is 4.59. The van der Waals surface area contributed by atoms with Crippen LogP contribution in [0, 0.1) is 19.8 Å². The molecule has 1 atom stereocenters. The van der Waals surface area contributed by atoms with E-state index in [-0.39, 0.29) is 5.91 Å². The number of amides is 1. The minimum Gasteiger partial charge on any atom is -0.330 e. The van der Waals surface area contributed by atoms with Crippen molar-refractivity contribution in [3.05, 3.63) is 11.3 Å². The summed E-state index contributed by atoms with van der Waals surface area (Å²) in [4.78, 5) is 11.7. The van der Waals surface area contributed by atoms with Gasteiger partial charge in [-0.3, -0.25) is 9.89 Å². The maximum Gasteiger partial charge on any atom is 0.225 e. The molecule has 0 fully saturated rings. The second-order valence-corrected chi connectivity index (χ2v) is 4.59. The third kappa shape index (κ3) is 4.19. The van der Waals surface area contributed by atoms with Gasteiger partial charge in [-0.15, -0.1) is 0 Å². The van der Waals surface area contributed by atoms with Gasteiger partial charge in [0.2, 0.25) is 5.91 Å². The van der Waals surface area contributed by atoms with Crippen LogP contribution in [-0.4, -0.2) is 22.6 Å². The first-order valence-electron chi connectivity index (χ1n) is 6.06. The fraction of sp³-hybridized carbons (Fsp3) is 0.667. The van der Waals surface area contributed by atoms with Gasteiger partial charge in [0.05, 0.1) is 0 Å². The molecule has 96 valence electrons. The van der Waals surface area contributed by atoms with Crippen molar-refractivity contribution < 1.29 is 4.79 Å². The lowest BCUT2D eigenvalue weighted by molar-refractivity contribution is -0.116. The molecule has 1 rings (SSSR count). The van der Waals surface area contributed by atoms with E-state index in [9.17, 15) is 4.79 Å². The van der Waals surface area contributed by atoms with E-state index >= 15 is 0 Å². The van der Waals surface area contributed by atoms with Gasteiger partial charge in [-0.2, -0.15) is 5.10 Å². The average molecular weight is 238 g/mol. The molecule has 1 amide bonds. The minimum absolute atomic E-state index is 0.0171. The average Bonchev–Trinajstić information content (AvgIpc) is 2.59. The Morgan fingerprint density at radius 3 is 2.71 bits per heavy atom. The van der Waals surface area contributed by atoms with E-state index in [0.717, 1.165) is 24.1 Å². The molecule has 1 aromatic heterocycles. The Balaban J connectivity index is 2.37. The Labute approximate surface area is 102 Å². The lowest BCUT2D eigenvalue weighted by Gasteiger charge is -2.09. The highest BCUT2D eigenvalue weighted by atomic mass is 16.1. The predicted octanol–water partition coefficient (Wildman–Crippen LogP) is 1.73. The monoisotopic (exact) mass is 238 g/mol. The summed E-state index contributed by atoms with van der Waals surface area (Å²) in [6.45, 7) is 6.66. The third-order valence-electron chi connectivity index (χ3n) is 3.03. The van der Waals surface area contributed by atoms with Crippen molar-refractivity contribution in [3.63, 3.8) is 0 Å². The van der Waals surface area contributed by atoms with Crippen molar-refractivity contribution in [1.29, 1.82) is 0 Å². The molecule has 1 heterocycles. The number of hydrogen-bond donors (Lipinski definition) is 3. The zero-order chi connectivity index (χ0) is 12.8. The molecule has 5 nitrogen and oxygen atoms in total. The zero-order valence-corrected chi connectivity index (χ0v) is 10.8. The normalized spacial score (nSPS) is 12.5. The van der Waals surface area contributed by atoms with E-state index in [0.29, 0.717) is 24.7 Å². The van der Waals surface area contributed by atoms with Crippen LogP contribution in [-0.2, 0) is 4.79 Å². The lowest BCUT2D eigenvalue weighted by Crippen LogP contribution is -2.14. The van der Waals surface area contributed by atoms with E-state index in [1.807, 2.05) is 13.8 Å². The SMILES string of the molecule is Cc1[nH]nc(NC(=O)CCC(C)CCN)c1C. The number of nitrogens with zero attached hydrogens (tertiary/aromatic N) is 1. The van der Waals surface area contributed by atoms with Crippen molar-refractivity contribution in [2.45, 2.75) is 40.0 Å². The quantitative estimate of drug-likeness (QED) is 0.705. The number of aryl methyl sites for hydroxylation is 1. The van der Waals surface area contributed by atoms with Crippen LogP contribution >= 0.6 is 0 Å². The van der Waals surface area contributed by atoms with E-state index in [1.165, 1.54) is 0 Å². The summed E-state index contributed by atoms with van der Waals surface area (Å²) in [7, 11) is 0. The summed E-state index contributed by atoms with van der Waals surface area (Å²) >= 11 is 0. The number of H-pyrrole nitrogens is 1. The Bertz CT molecular complexity index is 373. The Hall–Kier alpha value is -1.36. The number of carbonyl (C=O) groups is 1. The summed E-state index contributed by atoms with van der Waals surface area (Å²) in [5, 5.41) is 9.70. The zero-order valence-electron chi connectivity index (χ0n) is 10.8. The molecule has 0 spiro atoms. The highest BCUT2D eigenvalue weighted by Gasteiger charge is 2.10. The highest BCUT2D eigenvalue weighted by molar-refractivity contribution is 5.90. The number of rotatable bonds is 6. The first-order valence-corrected chi connectivity index (χ1v) is 6.06. The number of aromatic amines is 1. The Morgan fingerprint density at radius 1 is 1.47 bits per heavy atom.